The van der Waals surface area contributed by atoms with Crippen LogP contribution in [-0.2, 0) is 57.5 Å². The molecule has 0 unspecified atom stereocenters. The largest absolute Gasteiger partial charge is 0.300 e. The Kier molecular flexibility index (Phi) is 26.4. The van der Waals surface area contributed by atoms with Gasteiger partial charge in [0.05, 0.1) is 0 Å². The zero-order valence-corrected chi connectivity index (χ0v) is 48.8. The zero-order valence-electron chi connectivity index (χ0n) is 48.8. The fourth-order valence-electron chi connectivity index (χ4n) is 9.85. The molecule has 0 aliphatic heterocycles. The molecule has 84 heavy (non-hydrogen) atoms. The van der Waals surface area contributed by atoms with Crippen LogP contribution >= 0.6 is 0 Å². The van der Waals surface area contributed by atoms with Crippen molar-refractivity contribution in [3.63, 3.8) is 0 Å². The number of fused-ring (bicyclic) bond motifs is 6. The summed E-state index contributed by atoms with van der Waals surface area (Å²) in [5.41, 5.74) is -3.46. The van der Waals surface area contributed by atoms with E-state index in [1.165, 1.54) is 59.7 Å². The molecule has 0 heterocycles. The quantitative estimate of drug-likeness (QED) is 0.0294. The third kappa shape index (κ3) is 20.0. The van der Waals surface area contributed by atoms with Gasteiger partial charge in [-0.15, -0.1) is 0 Å². The Labute approximate surface area is 486 Å². The average molecular weight is 1150 g/mol. The van der Waals surface area contributed by atoms with Crippen LogP contribution in [0.1, 0.15) is 258 Å². The van der Waals surface area contributed by atoms with Crippen LogP contribution in [0.2, 0.25) is 0 Å². The van der Waals surface area contributed by atoms with E-state index in [1.54, 1.807) is 18.2 Å². The molecule has 4 aromatic carbocycles. The number of hydrogen-bond acceptors (Lipinski definition) is 18. The van der Waals surface area contributed by atoms with Crippen LogP contribution in [0.4, 0.5) is 0 Å². The van der Waals surface area contributed by atoms with Crippen LogP contribution < -0.4 is 0 Å². The van der Waals surface area contributed by atoms with E-state index in [-0.39, 0.29) is 150 Å². The van der Waals surface area contributed by atoms with Crippen molar-refractivity contribution in [2.75, 3.05) is 0 Å². The van der Waals surface area contributed by atoms with Gasteiger partial charge in [-0.1, -0.05) is 36.4 Å². The number of rotatable bonds is 42. The van der Waals surface area contributed by atoms with E-state index >= 15 is 24.0 Å². The molecule has 18 nitrogen and oxygen atoms in total. The van der Waals surface area contributed by atoms with Gasteiger partial charge >= 0.3 is 0 Å². The summed E-state index contributed by atoms with van der Waals surface area (Å²) in [6, 6.07) is 8.96. The van der Waals surface area contributed by atoms with Gasteiger partial charge in [0.2, 0.25) is 0 Å². The molecule has 0 atom stereocenters. The Bertz CT molecular complexity index is 3420. The summed E-state index contributed by atoms with van der Waals surface area (Å²) in [6.45, 7) is 7.61. The Morgan fingerprint density at radius 2 is 0.440 bits per heavy atom. The number of benzene rings is 4. The molecular weight excluding hydrogens is 1080 g/mol. The number of hydrogen-bond donors (Lipinski definition) is 0. The number of Topliss-reactive ketones (excluding diaryl/α,β-unsaturated/α-hetero) is 18. The molecule has 0 amide bonds. The van der Waals surface area contributed by atoms with Gasteiger partial charge in [0.25, 0.3) is 0 Å². The van der Waals surface area contributed by atoms with Crippen LogP contribution in [0.3, 0.4) is 0 Å². The van der Waals surface area contributed by atoms with Crippen molar-refractivity contribution in [2.24, 2.45) is 0 Å². The topological polar surface area (TPSA) is 307 Å². The molecule has 0 aliphatic rings. The molecule has 0 fully saturated rings. The molecule has 4 rings (SSSR count). The number of carbonyl (C=O) groups is 18. The van der Waals surface area contributed by atoms with Gasteiger partial charge in [-0.05, 0) is 57.7 Å². The summed E-state index contributed by atoms with van der Waals surface area (Å²) >= 11 is 0. The number of carbonyl (C=O) groups excluding carboxylic acids is 18. The molecule has 0 bridgehead atoms. The molecule has 4 aromatic rings. The van der Waals surface area contributed by atoms with Crippen molar-refractivity contribution in [3.8, 4) is 0 Å². The maximum atomic E-state index is 15.7. The predicted molar refractivity (Wildman–Crippen MR) is 310 cm³/mol. The lowest BCUT2D eigenvalue weighted by Gasteiger charge is -2.25. The van der Waals surface area contributed by atoms with Crippen LogP contribution in [0.5, 0.6) is 0 Å². The summed E-state index contributed by atoms with van der Waals surface area (Å²) in [5, 5.41) is -0.383. The van der Waals surface area contributed by atoms with Crippen molar-refractivity contribution in [1.82, 2.24) is 0 Å². The van der Waals surface area contributed by atoms with Crippen molar-refractivity contribution in [2.45, 2.75) is 196 Å². The van der Waals surface area contributed by atoms with E-state index in [0.29, 0.717) is 0 Å². The summed E-state index contributed by atoms with van der Waals surface area (Å²) < 4.78 is 0. The van der Waals surface area contributed by atoms with Crippen molar-refractivity contribution < 1.29 is 86.3 Å². The SMILES string of the molecule is CC(=O)CCC(=O)CCC(=O)c1ccc2c3ccccc3c3c(C(=O)CCC(=O)CCC(C)=O)c(C(=O)CCC(=O)CCC(C)=O)c(C(=O)CCC(=O)CCC(C)=O)c(C(=O)CCC(=O)CCC(C)=O)c3c2c1C(=O)CCC(=O)CCC(C)=O. The Balaban J connectivity index is 2.42. The highest BCUT2D eigenvalue weighted by molar-refractivity contribution is 6.40. The van der Waals surface area contributed by atoms with Gasteiger partial charge in [-0.25, -0.2) is 0 Å². The highest BCUT2D eigenvalue weighted by Gasteiger charge is 2.37. The van der Waals surface area contributed by atoms with Gasteiger partial charge in [0.1, 0.15) is 69.4 Å². The molecular formula is C66H72O18. The van der Waals surface area contributed by atoms with Crippen LogP contribution in [-0.4, -0.2) is 104 Å². The maximum Gasteiger partial charge on any atom is 0.164 e. The molecule has 0 radical (unpaired) electrons. The summed E-state index contributed by atoms with van der Waals surface area (Å²) in [7, 11) is 0. The normalized spacial score (nSPS) is 11.1. The van der Waals surface area contributed by atoms with E-state index in [0.717, 1.165) is 0 Å². The second kappa shape index (κ2) is 32.5. The van der Waals surface area contributed by atoms with Gasteiger partial charge in [0.15, 0.2) is 34.7 Å². The van der Waals surface area contributed by atoms with E-state index < -0.39 is 174 Å². The fourth-order valence-corrected chi connectivity index (χ4v) is 9.85. The Morgan fingerprint density at radius 3 is 0.750 bits per heavy atom. The van der Waals surface area contributed by atoms with Crippen molar-refractivity contribution in [1.29, 1.82) is 0 Å². The summed E-state index contributed by atoms with van der Waals surface area (Å²) in [5.74, 6) is -11.0. The lowest BCUT2D eigenvalue weighted by atomic mass is 9.75. The lowest BCUT2D eigenvalue weighted by molar-refractivity contribution is -0.123. The highest BCUT2D eigenvalue weighted by Crippen LogP contribution is 2.46. The lowest BCUT2D eigenvalue weighted by Crippen LogP contribution is -2.23. The molecule has 0 spiro atoms. The van der Waals surface area contributed by atoms with Gasteiger partial charge in [-0.3, -0.25) is 57.5 Å². The summed E-state index contributed by atoms with van der Waals surface area (Å²) in [6.07, 6.45) is -9.67. The highest BCUT2D eigenvalue weighted by atomic mass is 16.2. The maximum absolute atomic E-state index is 15.7. The molecule has 0 saturated carbocycles. The summed E-state index contributed by atoms with van der Waals surface area (Å²) in [4.78, 5) is 244. The first kappa shape index (κ1) is 68.2. The smallest absolute Gasteiger partial charge is 0.164 e. The standard InChI is InChI=1S/C66H72O18/c1-37(67)11-17-43(73)23-31-53(79)52-30-29-51-49-9-7-8-10-50(49)61-62(55(81)33-25-45(75)19-13-39(3)69)63(56(82)34-26-46(76)20-14-40(4)70)64(57(83)35-27-47(77)21-15-41(5)71)65(58(84)36-28-48(78)22-16-42(6)72)66(61)60(51)59(52)54(80)32-24-44(74)18-12-38(2)68/h7-10,29-30H,11-28,31-36H2,1-6H3. The van der Waals surface area contributed by atoms with Crippen LogP contribution in [0, 0.1) is 0 Å². The second-order valence-corrected chi connectivity index (χ2v) is 21.7. The van der Waals surface area contributed by atoms with Gasteiger partial charge < -0.3 is 28.8 Å². The minimum Gasteiger partial charge on any atom is -0.300 e. The minimum atomic E-state index is -1.10. The molecule has 0 aromatic heterocycles. The third-order valence-electron chi connectivity index (χ3n) is 14.5. The van der Waals surface area contributed by atoms with Gasteiger partial charge in [-0.2, -0.15) is 0 Å². The van der Waals surface area contributed by atoms with Crippen LogP contribution in [0.25, 0.3) is 32.3 Å². The monoisotopic (exact) mass is 1150 g/mol. The average Bonchev–Trinajstić information content (AvgIpc) is 0.720. The van der Waals surface area contributed by atoms with Crippen molar-refractivity contribution >= 4 is 136 Å². The van der Waals surface area contributed by atoms with E-state index in [1.807, 2.05) is 0 Å². The van der Waals surface area contributed by atoms with E-state index in [4.69, 9.17) is 0 Å². The number of ketones is 18. The van der Waals surface area contributed by atoms with E-state index in [2.05, 4.69) is 0 Å². The van der Waals surface area contributed by atoms with Crippen LogP contribution in [0.15, 0.2) is 36.4 Å². The minimum absolute atomic E-state index is 0.107. The van der Waals surface area contributed by atoms with Crippen molar-refractivity contribution in [3.05, 3.63) is 69.8 Å². The molecule has 0 N–H and O–H groups in total. The first-order valence-electron chi connectivity index (χ1n) is 28.4. The molecule has 0 aliphatic carbocycles. The van der Waals surface area contributed by atoms with E-state index in [9.17, 15) is 62.3 Å². The second-order valence-electron chi connectivity index (χ2n) is 21.7. The predicted octanol–water partition coefficient (Wildman–Crippen LogP) is 10.6. The molecule has 18 heteroatoms. The molecule has 444 valence electrons. The Hall–Kier alpha value is -8.28. The zero-order chi connectivity index (χ0) is 62.5. The fraction of sp³-hybridized carbons (Fsp3) is 0.455. The first-order valence-corrected chi connectivity index (χ1v) is 28.4. The Morgan fingerprint density at radius 1 is 0.214 bits per heavy atom. The third-order valence-corrected chi connectivity index (χ3v) is 14.5. The first-order chi connectivity index (χ1) is 39.6. The van der Waals surface area contributed by atoms with Gasteiger partial charge in [0, 0.05) is 204 Å². The molecule has 0 saturated heterocycles.